The number of carbonyl (C=O) groups excluding carboxylic acids is 1. The summed E-state index contributed by atoms with van der Waals surface area (Å²) in [5.41, 5.74) is 4.12. The minimum atomic E-state index is -0.222. The summed E-state index contributed by atoms with van der Waals surface area (Å²) in [6.07, 6.45) is 3.59. The van der Waals surface area contributed by atoms with Crippen molar-refractivity contribution in [2.75, 3.05) is 11.6 Å². The van der Waals surface area contributed by atoms with E-state index in [0.717, 1.165) is 31.3 Å². The lowest BCUT2D eigenvalue weighted by Gasteiger charge is -2.08. The van der Waals surface area contributed by atoms with Crippen LogP contribution in [0.2, 0.25) is 0 Å². The van der Waals surface area contributed by atoms with Crippen molar-refractivity contribution < 1.29 is 9.21 Å². The molecule has 0 aliphatic heterocycles. The molecule has 7 nitrogen and oxygen atoms in total. The molecule has 0 aliphatic carbocycles. The van der Waals surface area contributed by atoms with Crippen LogP contribution in [-0.2, 0) is 7.05 Å². The smallest absolute Gasteiger partial charge is 0.256 e. The summed E-state index contributed by atoms with van der Waals surface area (Å²) in [5, 5.41) is 8.20. The lowest BCUT2D eigenvalue weighted by molar-refractivity contribution is 0.102. The van der Waals surface area contributed by atoms with E-state index < -0.39 is 0 Å². The first-order valence-corrected chi connectivity index (χ1v) is 11.2. The summed E-state index contributed by atoms with van der Waals surface area (Å²) in [6, 6.07) is 11.1. The number of nitrogens with one attached hydrogen (secondary N) is 1. The topological polar surface area (TPSA) is 85.8 Å². The Morgan fingerprint density at radius 2 is 2.10 bits per heavy atom. The molecule has 0 saturated carbocycles. The van der Waals surface area contributed by atoms with Gasteiger partial charge in [-0.25, -0.2) is 9.97 Å². The molecule has 9 heteroatoms. The number of hydrogen-bond donors (Lipinski definition) is 1. The molecule has 5 rings (SSSR count). The minimum absolute atomic E-state index is 0.222. The molecule has 150 valence electrons. The summed E-state index contributed by atoms with van der Waals surface area (Å²) >= 11 is 3.22. The number of thioether (sulfide) groups is 1. The van der Waals surface area contributed by atoms with Gasteiger partial charge in [-0.1, -0.05) is 11.8 Å². The second-order valence-electron chi connectivity index (χ2n) is 6.76. The van der Waals surface area contributed by atoms with Crippen LogP contribution in [0.4, 0.5) is 5.69 Å². The number of rotatable bonds is 4. The van der Waals surface area contributed by atoms with Crippen molar-refractivity contribution in [3.05, 3.63) is 53.9 Å². The van der Waals surface area contributed by atoms with Crippen molar-refractivity contribution in [2.45, 2.75) is 11.3 Å². The Bertz CT molecular complexity index is 1400. The molecule has 1 N–H and O–H groups in total. The lowest BCUT2D eigenvalue weighted by atomic mass is 10.1. The highest BCUT2D eigenvalue weighted by Crippen LogP contribution is 2.31. The zero-order valence-electron chi connectivity index (χ0n) is 16.5. The monoisotopic (exact) mass is 435 g/mol. The molecule has 0 radical (unpaired) electrons. The molecule has 30 heavy (non-hydrogen) atoms. The summed E-state index contributed by atoms with van der Waals surface area (Å²) in [4.78, 5) is 22.5. The molecule has 0 saturated heterocycles. The van der Waals surface area contributed by atoms with Gasteiger partial charge in [-0.05, 0) is 49.6 Å². The molecule has 5 aromatic rings. The standard InChI is InChI=1S/C21H17N5O2S2/c1-11-18-13(10-15(16-5-4-8-28-16)23-19(18)26(2)25-11)20(27)22-12-6-7-14-17(9-12)30-21(24-14)29-3/h4-10H,1-3H3,(H,22,27). The summed E-state index contributed by atoms with van der Waals surface area (Å²) < 4.78 is 9.21. The average Bonchev–Trinajstić information content (AvgIpc) is 3.46. The van der Waals surface area contributed by atoms with E-state index in [-0.39, 0.29) is 5.91 Å². The number of benzene rings is 1. The van der Waals surface area contributed by atoms with Crippen molar-refractivity contribution in [1.82, 2.24) is 19.7 Å². The third-order valence-electron chi connectivity index (χ3n) is 4.79. The van der Waals surface area contributed by atoms with Gasteiger partial charge in [0.1, 0.15) is 5.69 Å². The fourth-order valence-corrected chi connectivity index (χ4v) is 4.97. The fourth-order valence-electron chi connectivity index (χ4n) is 3.44. The van der Waals surface area contributed by atoms with E-state index in [4.69, 9.17) is 4.42 Å². The van der Waals surface area contributed by atoms with Crippen LogP contribution in [0.3, 0.4) is 0 Å². The molecule has 0 aliphatic rings. The number of furan rings is 1. The third kappa shape index (κ3) is 3.16. The van der Waals surface area contributed by atoms with E-state index in [2.05, 4.69) is 20.4 Å². The normalized spacial score (nSPS) is 11.4. The molecule has 1 amide bonds. The van der Waals surface area contributed by atoms with Crippen molar-refractivity contribution in [1.29, 1.82) is 0 Å². The van der Waals surface area contributed by atoms with Crippen LogP contribution in [0.5, 0.6) is 0 Å². The van der Waals surface area contributed by atoms with Gasteiger partial charge in [0.25, 0.3) is 5.91 Å². The first-order chi connectivity index (χ1) is 14.5. The highest BCUT2D eigenvalue weighted by molar-refractivity contribution is 8.00. The van der Waals surface area contributed by atoms with Crippen LogP contribution in [0.1, 0.15) is 16.1 Å². The van der Waals surface area contributed by atoms with Crippen molar-refractivity contribution in [3.8, 4) is 11.5 Å². The summed E-state index contributed by atoms with van der Waals surface area (Å²) in [6.45, 7) is 1.88. The first kappa shape index (κ1) is 18.8. The van der Waals surface area contributed by atoms with Gasteiger partial charge < -0.3 is 9.73 Å². The van der Waals surface area contributed by atoms with Crippen molar-refractivity contribution >= 4 is 55.9 Å². The Morgan fingerprint density at radius 1 is 1.23 bits per heavy atom. The van der Waals surface area contributed by atoms with E-state index in [0.29, 0.717) is 22.7 Å². The molecule has 0 spiro atoms. The maximum absolute atomic E-state index is 13.3. The molecule has 0 unspecified atom stereocenters. The van der Waals surface area contributed by atoms with Gasteiger partial charge in [0.05, 0.1) is 33.1 Å². The lowest BCUT2D eigenvalue weighted by Crippen LogP contribution is -2.13. The molecule has 0 atom stereocenters. The zero-order chi connectivity index (χ0) is 20.8. The number of aromatic nitrogens is 4. The number of carbonyl (C=O) groups is 1. The van der Waals surface area contributed by atoms with Gasteiger partial charge in [0, 0.05) is 12.7 Å². The Labute approximate surface area is 180 Å². The highest BCUT2D eigenvalue weighted by Gasteiger charge is 2.20. The van der Waals surface area contributed by atoms with Gasteiger partial charge >= 0.3 is 0 Å². The summed E-state index contributed by atoms with van der Waals surface area (Å²) in [7, 11) is 1.82. The van der Waals surface area contributed by atoms with Gasteiger partial charge in [-0.3, -0.25) is 9.48 Å². The Hall–Kier alpha value is -3.17. The van der Waals surface area contributed by atoms with E-state index in [9.17, 15) is 4.79 Å². The average molecular weight is 436 g/mol. The van der Waals surface area contributed by atoms with Crippen LogP contribution in [0.15, 0.2) is 51.4 Å². The molecule has 4 heterocycles. The Morgan fingerprint density at radius 3 is 2.87 bits per heavy atom. The zero-order valence-corrected chi connectivity index (χ0v) is 18.1. The number of hydrogen-bond acceptors (Lipinski definition) is 7. The SMILES string of the molecule is CSc1nc2ccc(NC(=O)c3cc(-c4ccco4)nc4c3c(C)nn4C)cc2s1. The summed E-state index contributed by atoms with van der Waals surface area (Å²) in [5.74, 6) is 0.376. The van der Waals surface area contributed by atoms with Gasteiger partial charge in [0.15, 0.2) is 15.7 Å². The van der Waals surface area contributed by atoms with Crippen LogP contribution in [0.25, 0.3) is 32.7 Å². The van der Waals surface area contributed by atoms with E-state index in [1.165, 1.54) is 0 Å². The molecular weight excluding hydrogens is 418 g/mol. The van der Waals surface area contributed by atoms with E-state index in [1.807, 2.05) is 44.5 Å². The Kier molecular flexibility index (Phi) is 4.56. The number of anilines is 1. The second kappa shape index (κ2) is 7.26. The van der Waals surface area contributed by atoms with Crippen molar-refractivity contribution in [3.63, 3.8) is 0 Å². The van der Waals surface area contributed by atoms with Gasteiger partial charge in [-0.15, -0.1) is 11.3 Å². The maximum atomic E-state index is 13.3. The highest BCUT2D eigenvalue weighted by atomic mass is 32.2. The molecule has 1 aromatic carbocycles. The number of amides is 1. The van der Waals surface area contributed by atoms with Crippen LogP contribution in [0, 0.1) is 6.92 Å². The predicted octanol–water partition coefficient (Wildman–Crippen LogP) is 5.12. The molecule has 0 bridgehead atoms. The third-order valence-corrected chi connectivity index (χ3v) is 6.79. The van der Waals surface area contributed by atoms with E-state index >= 15 is 0 Å². The van der Waals surface area contributed by atoms with Crippen LogP contribution < -0.4 is 5.32 Å². The fraction of sp³-hybridized carbons (Fsp3) is 0.143. The van der Waals surface area contributed by atoms with E-state index in [1.54, 1.807) is 46.2 Å². The second-order valence-corrected chi connectivity index (χ2v) is 8.84. The maximum Gasteiger partial charge on any atom is 0.256 e. The number of fused-ring (bicyclic) bond motifs is 2. The number of aryl methyl sites for hydroxylation is 2. The number of nitrogens with zero attached hydrogens (tertiary/aromatic N) is 4. The number of pyridine rings is 1. The quantitative estimate of drug-likeness (QED) is 0.394. The van der Waals surface area contributed by atoms with Crippen LogP contribution in [-0.4, -0.2) is 31.9 Å². The predicted molar refractivity (Wildman–Crippen MR) is 120 cm³/mol. The molecular formula is C21H17N5O2S2. The minimum Gasteiger partial charge on any atom is -0.463 e. The number of thiazole rings is 1. The van der Waals surface area contributed by atoms with Gasteiger partial charge in [0.2, 0.25) is 0 Å². The van der Waals surface area contributed by atoms with Crippen LogP contribution >= 0.6 is 23.1 Å². The largest absolute Gasteiger partial charge is 0.463 e. The van der Waals surface area contributed by atoms with Crippen molar-refractivity contribution in [2.24, 2.45) is 7.05 Å². The first-order valence-electron chi connectivity index (χ1n) is 9.17. The molecule has 4 aromatic heterocycles. The Balaban J connectivity index is 1.58. The molecule has 0 fully saturated rings. The van der Waals surface area contributed by atoms with Gasteiger partial charge in [-0.2, -0.15) is 5.10 Å².